The predicted molar refractivity (Wildman–Crippen MR) is 115 cm³/mol. The smallest absolute Gasteiger partial charge is 0.191 e. The third kappa shape index (κ3) is 10.7. The third-order valence-corrected chi connectivity index (χ3v) is 3.86. The van der Waals surface area contributed by atoms with Gasteiger partial charge in [0.15, 0.2) is 5.96 Å². The van der Waals surface area contributed by atoms with Crippen molar-refractivity contribution in [1.29, 1.82) is 0 Å². The molecule has 0 heterocycles. The van der Waals surface area contributed by atoms with E-state index in [2.05, 4.69) is 15.6 Å². The Balaban J connectivity index is 0.00000364. The fourth-order valence-corrected chi connectivity index (χ4v) is 2.30. The van der Waals surface area contributed by atoms with Gasteiger partial charge in [-0.2, -0.15) is 0 Å². The van der Waals surface area contributed by atoms with Gasteiger partial charge in [-0.05, 0) is 44.7 Å². The fourth-order valence-electron chi connectivity index (χ4n) is 2.30. The van der Waals surface area contributed by atoms with Gasteiger partial charge in [0, 0.05) is 19.2 Å². The van der Waals surface area contributed by atoms with E-state index in [-0.39, 0.29) is 42.4 Å². The Labute approximate surface area is 177 Å². The predicted octanol–water partition coefficient (Wildman–Crippen LogP) is 2.55. The maximum Gasteiger partial charge on any atom is 0.191 e. The minimum Gasteiger partial charge on any atom is -0.489 e. The molecule has 1 aliphatic rings. The number of aliphatic hydroxyl groups is 1. The van der Waals surface area contributed by atoms with Crippen molar-refractivity contribution in [3.63, 3.8) is 0 Å². The molecule has 0 amide bonds. The molecule has 0 aromatic heterocycles. The Morgan fingerprint density at radius 3 is 2.81 bits per heavy atom. The molecule has 27 heavy (non-hydrogen) atoms. The molecule has 0 aliphatic heterocycles. The van der Waals surface area contributed by atoms with Crippen LogP contribution in [0, 0.1) is 11.7 Å². The molecule has 1 aromatic rings. The summed E-state index contributed by atoms with van der Waals surface area (Å²) in [5.74, 6) is 1.45. The quantitative estimate of drug-likeness (QED) is 0.250. The number of nitrogens with one attached hydrogen (secondary N) is 2. The Morgan fingerprint density at radius 2 is 2.15 bits per heavy atom. The first-order chi connectivity index (χ1) is 12.6. The molecule has 6 nitrogen and oxygen atoms in total. The first kappa shape index (κ1) is 23.9. The third-order valence-electron chi connectivity index (χ3n) is 3.86. The Bertz CT molecular complexity index is 573. The van der Waals surface area contributed by atoms with Gasteiger partial charge in [0.2, 0.25) is 0 Å². The maximum absolute atomic E-state index is 13.2. The van der Waals surface area contributed by atoms with Crippen molar-refractivity contribution >= 4 is 29.9 Å². The van der Waals surface area contributed by atoms with Gasteiger partial charge in [-0.15, -0.1) is 24.0 Å². The van der Waals surface area contributed by atoms with E-state index >= 15 is 0 Å². The summed E-state index contributed by atoms with van der Waals surface area (Å²) in [6.45, 7) is 6.36. The average Bonchev–Trinajstić information content (AvgIpc) is 3.42. The van der Waals surface area contributed by atoms with Crippen LogP contribution in [0.5, 0.6) is 5.75 Å². The van der Waals surface area contributed by atoms with Gasteiger partial charge in [-0.3, -0.25) is 4.99 Å². The van der Waals surface area contributed by atoms with Crippen LogP contribution in [0.2, 0.25) is 0 Å². The van der Waals surface area contributed by atoms with Crippen LogP contribution >= 0.6 is 24.0 Å². The number of guanidine groups is 1. The van der Waals surface area contributed by atoms with Gasteiger partial charge in [0.1, 0.15) is 17.7 Å². The largest absolute Gasteiger partial charge is 0.489 e. The zero-order valence-electron chi connectivity index (χ0n) is 16.0. The molecule has 1 aliphatic carbocycles. The zero-order valence-corrected chi connectivity index (χ0v) is 18.3. The topological polar surface area (TPSA) is 75.1 Å². The molecule has 0 saturated heterocycles. The van der Waals surface area contributed by atoms with Gasteiger partial charge in [-0.25, -0.2) is 4.39 Å². The summed E-state index contributed by atoms with van der Waals surface area (Å²) in [4.78, 5) is 4.37. The van der Waals surface area contributed by atoms with Crippen LogP contribution < -0.4 is 15.4 Å². The van der Waals surface area contributed by atoms with Gasteiger partial charge >= 0.3 is 0 Å². The van der Waals surface area contributed by atoms with Crippen LogP contribution in [0.1, 0.15) is 26.7 Å². The molecule has 2 atom stereocenters. The van der Waals surface area contributed by atoms with Crippen LogP contribution in [0.25, 0.3) is 0 Å². The summed E-state index contributed by atoms with van der Waals surface area (Å²) >= 11 is 0. The highest BCUT2D eigenvalue weighted by atomic mass is 127. The van der Waals surface area contributed by atoms with E-state index in [9.17, 15) is 9.50 Å². The SMILES string of the molecule is CCNC(=NCC(O)COCC1CC1)NCC(C)Oc1cccc(F)c1.I. The highest BCUT2D eigenvalue weighted by Crippen LogP contribution is 2.28. The summed E-state index contributed by atoms with van der Waals surface area (Å²) in [6, 6.07) is 6.07. The van der Waals surface area contributed by atoms with Gasteiger partial charge < -0.3 is 25.2 Å². The number of halogens is 2. The molecule has 1 saturated carbocycles. The standard InChI is InChI=1S/C19H30FN3O3.HI/c1-3-21-19(23-11-17(24)13-25-12-15-7-8-15)22-10-14(2)26-18-6-4-5-16(20)9-18;/h4-6,9,14-15,17,24H,3,7-8,10-13H2,1-2H3,(H2,21,22,23);1H. The monoisotopic (exact) mass is 495 g/mol. The summed E-state index contributed by atoms with van der Waals surface area (Å²) in [6.07, 6.45) is 1.68. The van der Waals surface area contributed by atoms with Gasteiger partial charge in [0.25, 0.3) is 0 Å². The van der Waals surface area contributed by atoms with Crippen molar-refractivity contribution in [2.75, 3.05) is 32.8 Å². The minimum absolute atomic E-state index is 0. The van der Waals surface area contributed by atoms with Crippen LogP contribution in [0.15, 0.2) is 29.3 Å². The highest BCUT2D eigenvalue weighted by Gasteiger charge is 2.21. The van der Waals surface area contributed by atoms with Crippen LogP contribution in [0.3, 0.4) is 0 Å². The van der Waals surface area contributed by atoms with E-state index in [0.29, 0.717) is 37.3 Å². The molecule has 2 unspecified atom stereocenters. The van der Waals surface area contributed by atoms with E-state index in [1.165, 1.54) is 25.0 Å². The lowest BCUT2D eigenvalue weighted by Crippen LogP contribution is -2.42. The number of rotatable bonds is 11. The van der Waals surface area contributed by atoms with Gasteiger partial charge in [0.05, 0.1) is 25.8 Å². The lowest BCUT2D eigenvalue weighted by Gasteiger charge is -2.18. The fraction of sp³-hybridized carbons (Fsp3) is 0.632. The Morgan fingerprint density at radius 1 is 1.37 bits per heavy atom. The number of aliphatic imine (C=N–C) groups is 1. The summed E-state index contributed by atoms with van der Waals surface area (Å²) in [7, 11) is 0. The van der Waals surface area contributed by atoms with Crippen LogP contribution in [0.4, 0.5) is 4.39 Å². The summed E-state index contributed by atoms with van der Waals surface area (Å²) in [5.41, 5.74) is 0. The normalized spacial score (nSPS) is 16.2. The van der Waals surface area contributed by atoms with Crippen molar-refractivity contribution in [1.82, 2.24) is 10.6 Å². The number of aliphatic hydroxyl groups excluding tert-OH is 1. The number of ether oxygens (including phenoxy) is 2. The lowest BCUT2D eigenvalue weighted by atomic mass is 10.3. The number of benzene rings is 1. The highest BCUT2D eigenvalue weighted by molar-refractivity contribution is 14.0. The maximum atomic E-state index is 13.2. The van der Waals surface area contributed by atoms with E-state index in [0.717, 1.165) is 6.61 Å². The van der Waals surface area contributed by atoms with Crippen LogP contribution in [-0.4, -0.2) is 56.1 Å². The van der Waals surface area contributed by atoms with Crippen molar-refractivity contribution in [2.24, 2.45) is 10.9 Å². The molecule has 1 aromatic carbocycles. The first-order valence-electron chi connectivity index (χ1n) is 9.27. The van der Waals surface area contributed by atoms with E-state index in [4.69, 9.17) is 9.47 Å². The molecule has 2 rings (SSSR count). The lowest BCUT2D eigenvalue weighted by molar-refractivity contribution is 0.0368. The molecule has 3 N–H and O–H groups in total. The Kier molecular flexibility index (Phi) is 11.6. The van der Waals surface area contributed by atoms with E-state index in [1.54, 1.807) is 12.1 Å². The molecule has 0 bridgehead atoms. The molecular weight excluding hydrogens is 464 g/mol. The second-order valence-corrected chi connectivity index (χ2v) is 6.62. The Hall–Kier alpha value is -1.13. The van der Waals surface area contributed by atoms with Crippen molar-refractivity contribution < 1.29 is 19.0 Å². The van der Waals surface area contributed by atoms with Gasteiger partial charge in [-0.1, -0.05) is 6.07 Å². The first-order valence-corrected chi connectivity index (χ1v) is 9.27. The second kappa shape index (κ2) is 13.1. The van der Waals surface area contributed by atoms with E-state index < -0.39 is 6.10 Å². The second-order valence-electron chi connectivity index (χ2n) is 6.62. The molecular formula is C19H31FIN3O3. The van der Waals surface area contributed by atoms with Crippen LogP contribution in [-0.2, 0) is 4.74 Å². The average molecular weight is 495 g/mol. The summed E-state index contributed by atoms with van der Waals surface area (Å²) in [5, 5.41) is 16.2. The zero-order chi connectivity index (χ0) is 18.8. The molecule has 0 spiro atoms. The number of hydrogen-bond acceptors (Lipinski definition) is 4. The molecule has 154 valence electrons. The van der Waals surface area contributed by atoms with Crippen molar-refractivity contribution in [3.8, 4) is 5.75 Å². The minimum atomic E-state index is -0.620. The molecule has 1 fully saturated rings. The molecule has 8 heteroatoms. The number of hydrogen-bond donors (Lipinski definition) is 3. The van der Waals surface area contributed by atoms with Crippen molar-refractivity contribution in [2.45, 2.75) is 38.9 Å². The van der Waals surface area contributed by atoms with E-state index in [1.807, 2.05) is 13.8 Å². The van der Waals surface area contributed by atoms with Crippen molar-refractivity contribution in [3.05, 3.63) is 30.1 Å². The number of nitrogens with zero attached hydrogens (tertiary/aromatic N) is 1. The molecule has 0 radical (unpaired) electrons. The summed E-state index contributed by atoms with van der Waals surface area (Å²) < 4.78 is 24.3.